The fraction of sp³-hybridized carbons (Fsp3) is 0.312. The van der Waals surface area contributed by atoms with Crippen molar-refractivity contribution in [1.82, 2.24) is 35.1 Å². The predicted molar refractivity (Wildman–Crippen MR) is 92.1 cm³/mol. The highest BCUT2D eigenvalue weighted by molar-refractivity contribution is 5.90. The monoisotopic (exact) mass is 358 g/mol. The van der Waals surface area contributed by atoms with E-state index in [9.17, 15) is 9.18 Å². The van der Waals surface area contributed by atoms with Crippen molar-refractivity contribution in [2.45, 2.75) is 19.9 Å². The number of hydrogen-bond acceptors (Lipinski definition) is 5. The van der Waals surface area contributed by atoms with Crippen LogP contribution in [0.5, 0.6) is 0 Å². The number of benzene rings is 1. The molecule has 0 saturated heterocycles. The summed E-state index contributed by atoms with van der Waals surface area (Å²) in [7, 11) is 1.85. The lowest BCUT2D eigenvalue weighted by Crippen LogP contribution is -2.36. The molecule has 0 aliphatic carbocycles. The molecule has 0 radical (unpaired) electrons. The van der Waals surface area contributed by atoms with E-state index in [0.717, 1.165) is 5.82 Å². The number of anilines is 1. The minimum Gasteiger partial charge on any atom is -0.336 e. The number of aromatic nitrogens is 6. The third-order valence-corrected chi connectivity index (χ3v) is 3.90. The standard InChI is InChI=1S/C16H19FN8O/c1-10(2)14(15-18-6-7-24(15)3)21-16(26)20-13-8-11(4-5-12(13)17)25-9-19-22-23-25/h4-10,14H,1-3H3,(H2,20,21,26)/t14-/m0/s1. The highest BCUT2D eigenvalue weighted by atomic mass is 19.1. The summed E-state index contributed by atoms with van der Waals surface area (Å²) in [5.74, 6) is 0.257. The van der Waals surface area contributed by atoms with Gasteiger partial charge in [-0.2, -0.15) is 0 Å². The number of carbonyl (C=O) groups excluding carboxylic acids is 1. The van der Waals surface area contributed by atoms with Gasteiger partial charge in [0.25, 0.3) is 0 Å². The van der Waals surface area contributed by atoms with Gasteiger partial charge in [0.2, 0.25) is 0 Å². The first-order valence-electron chi connectivity index (χ1n) is 8.03. The summed E-state index contributed by atoms with van der Waals surface area (Å²) in [6, 6.07) is 3.36. The number of tetrazole rings is 1. The maximum atomic E-state index is 14.1. The first kappa shape index (κ1) is 17.5. The van der Waals surface area contributed by atoms with Gasteiger partial charge in [-0.05, 0) is 34.5 Å². The van der Waals surface area contributed by atoms with Crippen molar-refractivity contribution in [3.8, 4) is 5.69 Å². The van der Waals surface area contributed by atoms with Crippen molar-refractivity contribution < 1.29 is 9.18 Å². The maximum absolute atomic E-state index is 14.1. The van der Waals surface area contributed by atoms with E-state index in [-0.39, 0.29) is 17.6 Å². The molecule has 2 heterocycles. The molecule has 2 amide bonds. The van der Waals surface area contributed by atoms with Crippen LogP contribution in [0.3, 0.4) is 0 Å². The topological polar surface area (TPSA) is 103 Å². The van der Waals surface area contributed by atoms with Crippen molar-refractivity contribution >= 4 is 11.7 Å². The average Bonchev–Trinajstić information content (AvgIpc) is 3.26. The van der Waals surface area contributed by atoms with Crippen molar-refractivity contribution in [1.29, 1.82) is 0 Å². The SMILES string of the molecule is CC(C)[C@H](NC(=O)Nc1cc(-n2cnnn2)ccc1F)c1nccn1C. The largest absolute Gasteiger partial charge is 0.336 e. The average molecular weight is 358 g/mol. The number of nitrogens with zero attached hydrogens (tertiary/aromatic N) is 6. The van der Waals surface area contributed by atoms with E-state index in [1.165, 1.54) is 29.2 Å². The van der Waals surface area contributed by atoms with Crippen LogP contribution in [0, 0.1) is 11.7 Å². The second-order valence-electron chi connectivity index (χ2n) is 6.14. The van der Waals surface area contributed by atoms with E-state index in [1.807, 2.05) is 25.5 Å². The Morgan fingerprint density at radius 3 is 2.73 bits per heavy atom. The Morgan fingerprint density at radius 1 is 1.31 bits per heavy atom. The summed E-state index contributed by atoms with van der Waals surface area (Å²) in [4.78, 5) is 16.7. The molecule has 3 rings (SSSR count). The molecule has 3 aromatic rings. The van der Waals surface area contributed by atoms with Crippen LogP contribution < -0.4 is 10.6 Å². The van der Waals surface area contributed by atoms with Gasteiger partial charge >= 0.3 is 6.03 Å². The van der Waals surface area contributed by atoms with Gasteiger partial charge < -0.3 is 15.2 Å². The number of imidazole rings is 1. The number of rotatable bonds is 5. The molecule has 0 spiro atoms. The Balaban J connectivity index is 1.77. The lowest BCUT2D eigenvalue weighted by Gasteiger charge is -2.22. The van der Waals surface area contributed by atoms with Crippen molar-refractivity contribution in [3.63, 3.8) is 0 Å². The first-order valence-corrected chi connectivity index (χ1v) is 8.03. The Labute approximate surface area is 149 Å². The summed E-state index contributed by atoms with van der Waals surface area (Å²) in [5, 5.41) is 16.2. The molecule has 0 fully saturated rings. The Bertz CT molecular complexity index is 890. The Hall–Kier alpha value is -3.30. The molecule has 0 unspecified atom stereocenters. The molecule has 2 aromatic heterocycles. The van der Waals surface area contributed by atoms with E-state index in [1.54, 1.807) is 12.4 Å². The Morgan fingerprint density at radius 2 is 2.12 bits per heavy atom. The Kier molecular flexibility index (Phi) is 4.92. The molecule has 0 aliphatic rings. The summed E-state index contributed by atoms with van der Waals surface area (Å²) >= 11 is 0. The van der Waals surface area contributed by atoms with Crippen LogP contribution in [-0.2, 0) is 7.05 Å². The van der Waals surface area contributed by atoms with Gasteiger partial charge in [-0.1, -0.05) is 13.8 Å². The number of hydrogen-bond donors (Lipinski definition) is 2. The second-order valence-corrected chi connectivity index (χ2v) is 6.14. The highest BCUT2D eigenvalue weighted by Crippen LogP contribution is 2.21. The van der Waals surface area contributed by atoms with E-state index >= 15 is 0 Å². The third kappa shape index (κ3) is 3.68. The first-order chi connectivity index (χ1) is 12.5. The minimum absolute atomic E-state index is 0.0258. The molecule has 26 heavy (non-hydrogen) atoms. The van der Waals surface area contributed by atoms with Crippen LogP contribution in [0.1, 0.15) is 25.7 Å². The van der Waals surface area contributed by atoms with Crippen LogP contribution in [0.25, 0.3) is 5.69 Å². The van der Waals surface area contributed by atoms with Gasteiger partial charge in [0.05, 0.1) is 17.4 Å². The van der Waals surface area contributed by atoms with Gasteiger partial charge in [0, 0.05) is 19.4 Å². The van der Waals surface area contributed by atoms with Crippen LogP contribution >= 0.6 is 0 Å². The predicted octanol–water partition coefficient (Wildman–Crippen LogP) is 2.05. The zero-order valence-corrected chi connectivity index (χ0v) is 14.6. The number of nitrogens with one attached hydrogen (secondary N) is 2. The molecule has 2 N–H and O–H groups in total. The van der Waals surface area contributed by atoms with Gasteiger partial charge in [0.15, 0.2) is 0 Å². The quantitative estimate of drug-likeness (QED) is 0.727. The van der Waals surface area contributed by atoms with Gasteiger partial charge in [-0.25, -0.2) is 18.9 Å². The van der Waals surface area contributed by atoms with Crippen molar-refractivity contribution in [2.75, 3.05) is 5.32 Å². The molecule has 1 aromatic carbocycles. The smallest absolute Gasteiger partial charge is 0.319 e. The molecule has 136 valence electrons. The van der Waals surface area contributed by atoms with Crippen LogP contribution in [-0.4, -0.2) is 35.8 Å². The van der Waals surface area contributed by atoms with Crippen LogP contribution in [0.4, 0.5) is 14.9 Å². The lowest BCUT2D eigenvalue weighted by atomic mass is 10.0. The van der Waals surface area contributed by atoms with Crippen LogP contribution in [0.2, 0.25) is 0 Å². The number of halogens is 1. The summed E-state index contributed by atoms with van der Waals surface area (Å²) in [5.41, 5.74) is 0.550. The van der Waals surface area contributed by atoms with E-state index in [2.05, 4.69) is 31.1 Å². The molecule has 0 saturated carbocycles. The number of urea groups is 1. The van der Waals surface area contributed by atoms with Crippen LogP contribution in [0.15, 0.2) is 36.9 Å². The van der Waals surface area contributed by atoms with E-state index < -0.39 is 11.8 Å². The third-order valence-electron chi connectivity index (χ3n) is 3.90. The normalized spacial score (nSPS) is 12.2. The molecular weight excluding hydrogens is 339 g/mol. The minimum atomic E-state index is -0.560. The zero-order chi connectivity index (χ0) is 18.7. The zero-order valence-electron chi connectivity index (χ0n) is 14.6. The molecule has 10 heteroatoms. The number of carbonyl (C=O) groups is 1. The fourth-order valence-electron chi connectivity index (χ4n) is 2.54. The molecule has 1 atom stereocenters. The van der Waals surface area contributed by atoms with Crippen molar-refractivity contribution in [3.05, 3.63) is 48.6 Å². The lowest BCUT2D eigenvalue weighted by molar-refractivity contribution is 0.243. The summed E-state index contributed by atoms with van der Waals surface area (Å²) < 4.78 is 17.3. The molecule has 0 aliphatic heterocycles. The maximum Gasteiger partial charge on any atom is 0.319 e. The summed E-state index contributed by atoms with van der Waals surface area (Å²) in [6.45, 7) is 3.94. The van der Waals surface area contributed by atoms with Crippen molar-refractivity contribution in [2.24, 2.45) is 13.0 Å². The molecule has 0 bridgehead atoms. The molecular formula is C16H19FN8O. The highest BCUT2D eigenvalue weighted by Gasteiger charge is 2.22. The van der Waals surface area contributed by atoms with E-state index in [4.69, 9.17) is 0 Å². The molecule has 9 nitrogen and oxygen atoms in total. The number of amides is 2. The second kappa shape index (κ2) is 7.30. The summed E-state index contributed by atoms with van der Waals surface area (Å²) in [6.07, 6.45) is 4.85. The van der Waals surface area contributed by atoms with Gasteiger partial charge in [-0.3, -0.25) is 0 Å². The fourth-order valence-corrected chi connectivity index (χ4v) is 2.54. The van der Waals surface area contributed by atoms with E-state index in [0.29, 0.717) is 5.69 Å². The van der Waals surface area contributed by atoms with Gasteiger partial charge in [0.1, 0.15) is 18.0 Å². The van der Waals surface area contributed by atoms with Gasteiger partial charge in [-0.15, -0.1) is 5.10 Å². The number of aryl methyl sites for hydroxylation is 1.